The number of methoxy groups -OCH3 is 1. The maximum atomic E-state index is 6.49. The molecule has 2 unspecified atom stereocenters. The molecule has 0 spiro atoms. The van der Waals surface area contributed by atoms with E-state index in [1.165, 1.54) is 37.7 Å². The van der Waals surface area contributed by atoms with Crippen LogP contribution in [0.25, 0.3) is 0 Å². The molecule has 0 bridgehead atoms. The summed E-state index contributed by atoms with van der Waals surface area (Å²) in [5.74, 6) is 1.52. The standard InChI is InChI=1S/C18H29NO2/c1-3-21-18(15-9-5-4-6-10-15)17(19)13-14-8-7-11-16(12-14)20-2/h7-8,11-12,15,17-18H,3-6,9-10,13,19H2,1-2H3. The highest BCUT2D eigenvalue weighted by molar-refractivity contribution is 5.29. The lowest BCUT2D eigenvalue weighted by Crippen LogP contribution is -2.44. The molecule has 1 aliphatic carbocycles. The number of hydrogen-bond acceptors (Lipinski definition) is 3. The number of nitrogens with two attached hydrogens (primary N) is 1. The molecule has 0 aromatic heterocycles. The zero-order valence-corrected chi connectivity index (χ0v) is 13.4. The van der Waals surface area contributed by atoms with Crippen molar-refractivity contribution in [2.75, 3.05) is 13.7 Å². The molecule has 1 aliphatic rings. The van der Waals surface area contributed by atoms with E-state index < -0.39 is 0 Å². The van der Waals surface area contributed by atoms with Crippen molar-refractivity contribution in [2.24, 2.45) is 11.7 Å². The summed E-state index contributed by atoms with van der Waals surface area (Å²) in [4.78, 5) is 0. The monoisotopic (exact) mass is 291 g/mol. The van der Waals surface area contributed by atoms with Crippen molar-refractivity contribution in [3.63, 3.8) is 0 Å². The zero-order valence-electron chi connectivity index (χ0n) is 13.4. The SMILES string of the molecule is CCOC(C(N)Cc1cccc(OC)c1)C1CCCCC1. The Morgan fingerprint density at radius 1 is 1.24 bits per heavy atom. The van der Waals surface area contributed by atoms with Gasteiger partial charge in [-0.2, -0.15) is 0 Å². The molecule has 1 fully saturated rings. The van der Waals surface area contributed by atoms with E-state index in [9.17, 15) is 0 Å². The Balaban J connectivity index is 2.01. The minimum atomic E-state index is 0.0557. The second-order valence-electron chi connectivity index (χ2n) is 6.04. The highest BCUT2D eigenvalue weighted by Crippen LogP contribution is 2.30. The van der Waals surface area contributed by atoms with Crippen molar-refractivity contribution in [2.45, 2.75) is 57.6 Å². The Morgan fingerprint density at radius 3 is 2.67 bits per heavy atom. The predicted octanol–water partition coefficient (Wildman–Crippen LogP) is 3.55. The van der Waals surface area contributed by atoms with Crippen LogP contribution in [0.1, 0.15) is 44.6 Å². The maximum Gasteiger partial charge on any atom is 0.119 e. The first-order chi connectivity index (χ1) is 10.2. The fourth-order valence-electron chi connectivity index (χ4n) is 3.45. The van der Waals surface area contributed by atoms with E-state index in [1.807, 2.05) is 12.1 Å². The lowest BCUT2D eigenvalue weighted by molar-refractivity contribution is -0.00913. The van der Waals surface area contributed by atoms with E-state index >= 15 is 0 Å². The van der Waals surface area contributed by atoms with Crippen LogP contribution >= 0.6 is 0 Å². The molecule has 3 nitrogen and oxygen atoms in total. The molecule has 0 amide bonds. The quantitative estimate of drug-likeness (QED) is 0.835. The van der Waals surface area contributed by atoms with Gasteiger partial charge in [-0.1, -0.05) is 31.4 Å². The highest BCUT2D eigenvalue weighted by atomic mass is 16.5. The minimum Gasteiger partial charge on any atom is -0.497 e. The van der Waals surface area contributed by atoms with Crippen LogP contribution in [0.15, 0.2) is 24.3 Å². The van der Waals surface area contributed by atoms with Crippen molar-refractivity contribution in [1.82, 2.24) is 0 Å². The van der Waals surface area contributed by atoms with E-state index in [1.54, 1.807) is 7.11 Å². The van der Waals surface area contributed by atoms with Crippen molar-refractivity contribution in [3.8, 4) is 5.75 Å². The van der Waals surface area contributed by atoms with Gasteiger partial charge in [0.2, 0.25) is 0 Å². The summed E-state index contributed by atoms with van der Waals surface area (Å²) in [5, 5.41) is 0. The van der Waals surface area contributed by atoms with Crippen molar-refractivity contribution < 1.29 is 9.47 Å². The lowest BCUT2D eigenvalue weighted by Gasteiger charge is -2.34. The summed E-state index contributed by atoms with van der Waals surface area (Å²) >= 11 is 0. The van der Waals surface area contributed by atoms with Crippen molar-refractivity contribution in [1.29, 1.82) is 0 Å². The Hall–Kier alpha value is -1.06. The van der Waals surface area contributed by atoms with Crippen LogP contribution in [0.2, 0.25) is 0 Å². The normalized spacial score (nSPS) is 19.2. The third kappa shape index (κ3) is 4.72. The van der Waals surface area contributed by atoms with Crippen LogP contribution in [-0.4, -0.2) is 25.9 Å². The molecule has 0 aliphatic heterocycles. The molecule has 2 N–H and O–H groups in total. The Labute approximate surface area is 128 Å². The van der Waals surface area contributed by atoms with Crippen molar-refractivity contribution >= 4 is 0 Å². The van der Waals surface area contributed by atoms with Crippen LogP contribution in [-0.2, 0) is 11.2 Å². The summed E-state index contributed by atoms with van der Waals surface area (Å²) in [6, 6.07) is 8.24. The van der Waals surface area contributed by atoms with Crippen LogP contribution in [0.5, 0.6) is 5.75 Å². The van der Waals surface area contributed by atoms with Gasteiger partial charge in [-0.15, -0.1) is 0 Å². The van der Waals surface area contributed by atoms with E-state index in [-0.39, 0.29) is 12.1 Å². The molecule has 21 heavy (non-hydrogen) atoms. The number of benzene rings is 1. The van der Waals surface area contributed by atoms with Gasteiger partial charge >= 0.3 is 0 Å². The molecular formula is C18H29NO2. The number of ether oxygens (including phenoxy) is 2. The van der Waals surface area contributed by atoms with Crippen molar-refractivity contribution in [3.05, 3.63) is 29.8 Å². The van der Waals surface area contributed by atoms with E-state index in [4.69, 9.17) is 15.2 Å². The summed E-state index contributed by atoms with van der Waals surface area (Å²) in [6.07, 6.45) is 7.55. The molecule has 0 saturated heterocycles. The molecule has 1 aromatic rings. The molecule has 118 valence electrons. The molecule has 0 radical (unpaired) electrons. The van der Waals surface area contributed by atoms with Gasteiger partial charge in [0, 0.05) is 12.6 Å². The Morgan fingerprint density at radius 2 is 2.00 bits per heavy atom. The van der Waals surface area contributed by atoms with Crippen LogP contribution in [0.4, 0.5) is 0 Å². The molecule has 2 atom stereocenters. The van der Waals surface area contributed by atoms with E-state index in [0.717, 1.165) is 18.8 Å². The second kappa shape index (κ2) is 8.40. The Bertz CT molecular complexity index is 415. The second-order valence-corrected chi connectivity index (χ2v) is 6.04. The minimum absolute atomic E-state index is 0.0557. The van der Waals surface area contributed by atoms with Crippen LogP contribution in [0.3, 0.4) is 0 Å². The van der Waals surface area contributed by atoms with Crippen LogP contribution in [0, 0.1) is 5.92 Å². The summed E-state index contributed by atoms with van der Waals surface area (Å²) in [5.41, 5.74) is 7.72. The predicted molar refractivity (Wildman–Crippen MR) is 86.7 cm³/mol. The number of hydrogen-bond donors (Lipinski definition) is 1. The first-order valence-electron chi connectivity index (χ1n) is 8.24. The lowest BCUT2D eigenvalue weighted by atomic mass is 9.81. The third-order valence-corrected chi connectivity index (χ3v) is 4.50. The average Bonchev–Trinajstić information content (AvgIpc) is 2.53. The van der Waals surface area contributed by atoms with Crippen LogP contribution < -0.4 is 10.5 Å². The molecule has 1 saturated carbocycles. The maximum absolute atomic E-state index is 6.49. The third-order valence-electron chi connectivity index (χ3n) is 4.50. The molecule has 1 aromatic carbocycles. The fourth-order valence-corrected chi connectivity index (χ4v) is 3.45. The summed E-state index contributed by atoms with van der Waals surface area (Å²) < 4.78 is 11.3. The largest absolute Gasteiger partial charge is 0.497 e. The molecule has 2 rings (SSSR count). The van der Waals surface area contributed by atoms with E-state index in [2.05, 4.69) is 19.1 Å². The first kappa shape index (κ1) is 16.3. The molecule has 3 heteroatoms. The average molecular weight is 291 g/mol. The van der Waals surface area contributed by atoms with Gasteiger partial charge in [0.1, 0.15) is 5.75 Å². The van der Waals surface area contributed by atoms with Gasteiger partial charge in [-0.3, -0.25) is 0 Å². The molecule has 0 heterocycles. The summed E-state index contributed by atoms with van der Waals surface area (Å²) in [6.45, 7) is 2.81. The van der Waals surface area contributed by atoms with Gasteiger partial charge in [0.05, 0.1) is 13.2 Å². The van der Waals surface area contributed by atoms with E-state index in [0.29, 0.717) is 5.92 Å². The van der Waals surface area contributed by atoms with Gasteiger partial charge in [-0.25, -0.2) is 0 Å². The summed E-state index contributed by atoms with van der Waals surface area (Å²) in [7, 11) is 1.70. The topological polar surface area (TPSA) is 44.5 Å². The van der Waals surface area contributed by atoms with Gasteiger partial charge in [0.25, 0.3) is 0 Å². The first-order valence-corrected chi connectivity index (χ1v) is 8.24. The Kier molecular flexibility index (Phi) is 6.52. The molecular weight excluding hydrogens is 262 g/mol. The van der Waals surface area contributed by atoms with Gasteiger partial charge in [0.15, 0.2) is 0 Å². The zero-order chi connectivity index (χ0) is 15.1. The number of rotatable bonds is 7. The highest BCUT2D eigenvalue weighted by Gasteiger charge is 2.29. The fraction of sp³-hybridized carbons (Fsp3) is 0.667. The smallest absolute Gasteiger partial charge is 0.119 e. The van der Waals surface area contributed by atoms with Gasteiger partial charge in [-0.05, 0) is 49.8 Å². The van der Waals surface area contributed by atoms with Gasteiger partial charge < -0.3 is 15.2 Å².